The maximum atomic E-state index is 11.5. The maximum absolute atomic E-state index is 11.5. The lowest BCUT2D eigenvalue weighted by Gasteiger charge is -2.30. The minimum Gasteiger partial charge on any atom is -0.491 e. The zero-order chi connectivity index (χ0) is 21.3. The number of fused-ring (bicyclic) bond motifs is 1. The van der Waals surface area contributed by atoms with Crippen LogP contribution in [0.15, 0.2) is 42.6 Å². The quantitative estimate of drug-likeness (QED) is 0.646. The van der Waals surface area contributed by atoms with E-state index in [1.165, 1.54) is 0 Å². The molecule has 3 aromatic rings. The van der Waals surface area contributed by atoms with Crippen molar-refractivity contribution >= 4 is 17.3 Å². The zero-order valence-electron chi connectivity index (χ0n) is 17.4. The van der Waals surface area contributed by atoms with E-state index in [4.69, 9.17) is 15.5 Å². The van der Waals surface area contributed by atoms with E-state index in [0.29, 0.717) is 18.8 Å². The Kier molecular flexibility index (Phi) is 5.63. The van der Waals surface area contributed by atoms with Crippen molar-refractivity contribution in [3.8, 4) is 17.0 Å². The molecule has 0 saturated carbocycles. The first-order valence-corrected chi connectivity index (χ1v) is 10.4. The van der Waals surface area contributed by atoms with Crippen molar-refractivity contribution in [2.45, 2.75) is 39.3 Å². The van der Waals surface area contributed by atoms with Crippen LogP contribution in [0.4, 0.5) is 5.69 Å². The van der Waals surface area contributed by atoms with Gasteiger partial charge in [-0.25, -0.2) is 4.98 Å². The van der Waals surface area contributed by atoms with E-state index in [1.54, 1.807) is 0 Å². The number of pyridine rings is 1. The van der Waals surface area contributed by atoms with Gasteiger partial charge < -0.3 is 20.0 Å². The van der Waals surface area contributed by atoms with Gasteiger partial charge >= 0.3 is 5.97 Å². The van der Waals surface area contributed by atoms with Crippen LogP contribution < -0.4 is 10.5 Å². The van der Waals surface area contributed by atoms with E-state index in [9.17, 15) is 9.90 Å². The normalized spacial score (nSPS) is 17.5. The van der Waals surface area contributed by atoms with Crippen LogP contribution in [0.5, 0.6) is 5.75 Å². The number of carbonyl (C=O) groups is 1. The van der Waals surface area contributed by atoms with Crippen molar-refractivity contribution in [1.29, 1.82) is 0 Å². The van der Waals surface area contributed by atoms with Crippen molar-refractivity contribution < 1.29 is 14.6 Å². The molecule has 30 heavy (non-hydrogen) atoms. The number of carboxylic acids is 1. The number of hydrogen-bond donors (Lipinski definition) is 2. The van der Waals surface area contributed by atoms with Crippen molar-refractivity contribution in [2.75, 3.05) is 18.8 Å². The minimum absolute atomic E-state index is 0.117. The summed E-state index contributed by atoms with van der Waals surface area (Å²) in [5.74, 6) is -0.217. The number of benzene rings is 1. The Hall–Kier alpha value is -3.06. The van der Waals surface area contributed by atoms with E-state index in [2.05, 4.69) is 4.90 Å². The molecule has 7 nitrogen and oxygen atoms in total. The van der Waals surface area contributed by atoms with Crippen molar-refractivity contribution in [1.82, 2.24) is 14.3 Å². The molecule has 1 aliphatic rings. The summed E-state index contributed by atoms with van der Waals surface area (Å²) in [6, 6.07) is 11.7. The Bertz CT molecular complexity index is 1040. The minimum atomic E-state index is -0.719. The third kappa shape index (κ3) is 4.26. The first-order valence-electron chi connectivity index (χ1n) is 10.4. The maximum Gasteiger partial charge on any atom is 0.307 e. The molecule has 7 heteroatoms. The summed E-state index contributed by atoms with van der Waals surface area (Å²) in [5.41, 5.74) is 10.4. The van der Waals surface area contributed by atoms with E-state index in [1.807, 2.05) is 60.8 Å². The third-order valence-corrected chi connectivity index (χ3v) is 5.47. The molecular formula is C23H28N4O3. The summed E-state index contributed by atoms with van der Waals surface area (Å²) in [7, 11) is 0. The van der Waals surface area contributed by atoms with Gasteiger partial charge in [-0.2, -0.15) is 0 Å². The van der Waals surface area contributed by atoms with Gasteiger partial charge in [-0.05, 0) is 69.6 Å². The van der Waals surface area contributed by atoms with Crippen LogP contribution in [0.3, 0.4) is 0 Å². The Morgan fingerprint density at radius 2 is 2.03 bits per heavy atom. The van der Waals surface area contributed by atoms with Crippen LogP contribution in [0.2, 0.25) is 0 Å². The number of likely N-dealkylation sites (tertiary alicyclic amines) is 1. The Morgan fingerprint density at radius 1 is 1.27 bits per heavy atom. The van der Waals surface area contributed by atoms with E-state index >= 15 is 0 Å². The van der Waals surface area contributed by atoms with Gasteiger partial charge in [0.05, 0.1) is 23.4 Å². The second kappa shape index (κ2) is 8.36. The summed E-state index contributed by atoms with van der Waals surface area (Å²) in [4.78, 5) is 18.5. The Labute approximate surface area is 176 Å². The van der Waals surface area contributed by atoms with Crippen LogP contribution in [-0.2, 0) is 11.3 Å². The van der Waals surface area contributed by atoms with Crippen molar-refractivity contribution in [3.63, 3.8) is 0 Å². The van der Waals surface area contributed by atoms with Crippen LogP contribution in [-0.4, -0.2) is 44.6 Å². The average Bonchev–Trinajstić information content (AvgIpc) is 3.06. The standard InChI is InChI=1S/C23H28N4O3/c1-15(2)30-19-8-5-16(6-9-19)22-20(27-13-18(24)7-10-21(27)25-22)14-26-11-3-4-17(12-26)23(28)29/h5-10,13,15,17H,3-4,11-12,14,24H2,1-2H3,(H,28,29). The molecular weight excluding hydrogens is 380 g/mol. The molecule has 1 aromatic carbocycles. The summed E-state index contributed by atoms with van der Waals surface area (Å²) in [6.07, 6.45) is 3.62. The lowest BCUT2D eigenvalue weighted by Crippen LogP contribution is -2.38. The first-order chi connectivity index (χ1) is 14.4. The molecule has 0 radical (unpaired) electrons. The smallest absolute Gasteiger partial charge is 0.307 e. The van der Waals surface area contributed by atoms with Crippen LogP contribution in [0.1, 0.15) is 32.4 Å². The second-order valence-electron chi connectivity index (χ2n) is 8.20. The van der Waals surface area contributed by atoms with E-state index in [0.717, 1.165) is 47.7 Å². The number of nitrogens with zero attached hydrogens (tertiary/aromatic N) is 3. The number of aromatic nitrogens is 2. The fourth-order valence-electron chi connectivity index (χ4n) is 4.07. The number of anilines is 1. The van der Waals surface area contributed by atoms with Gasteiger partial charge in [0.15, 0.2) is 0 Å². The molecule has 1 atom stereocenters. The average molecular weight is 409 g/mol. The van der Waals surface area contributed by atoms with Gasteiger partial charge in [-0.3, -0.25) is 9.69 Å². The Morgan fingerprint density at radius 3 is 2.73 bits per heavy atom. The molecule has 4 rings (SSSR count). The fourth-order valence-corrected chi connectivity index (χ4v) is 4.07. The third-order valence-electron chi connectivity index (χ3n) is 5.47. The molecule has 0 bridgehead atoms. The lowest BCUT2D eigenvalue weighted by atomic mass is 9.98. The highest BCUT2D eigenvalue weighted by molar-refractivity contribution is 5.70. The summed E-state index contributed by atoms with van der Waals surface area (Å²) in [5, 5.41) is 9.44. The molecule has 3 heterocycles. The molecule has 0 spiro atoms. The zero-order valence-corrected chi connectivity index (χ0v) is 17.4. The highest BCUT2D eigenvalue weighted by atomic mass is 16.5. The summed E-state index contributed by atoms with van der Waals surface area (Å²) in [6.45, 7) is 6.04. The number of imidazole rings is 1. The molecule has 0 amide bonds. The van der Waals surface area contributed by atoms with Gasteiger partial charge in [0.1, 0.15) is 11.4 Å². The van der Waals surface area contributed by atoms with Crippen LogP contribution in [0, 0.1) is 5.92 Å². The molecule has 1 aliphatic heterocycles. The number of carboxylic acid groups (broad SMARTS) is 1. The lowest BCUT2D eigenvalue weighted by molar-refractivity contribution is -0.143. The largest absolute Gasteiger partial charge is 0.491 e. The fraction of sp³-hybridized carbons (Fsp3) is 0.391. The topological polar surface area (TPSA) is 93.1 Å². The van der Waals surface area contributed by atoms with Gasteiger partial charge in [-0.15, -0.1) is 0 Å². The number of ether oxygens (including phenoxy) is 1. The Balaban J connectivity index is 1.70. The molecule has 0 aliphatic carbocycles. The molecule has 1 saturated heterocycles. The summed E-state index contributed by atoms with van der Waals surface area (Å²) < 4.78 is 7.78. The number of rotatable bonds is 6. The molecule has 1 unspecified atom stereocenters. The predicted molar refractivity (Wildman–Crippen MR) is 116 cm³/mol. The van der Waals surface area contributed by atoms with Crippen LogP contribution in [0.25, 0.3) is 16.9 Å². The van der Waals surface area contributed by atoms with E-state index in [-0.39, 0.29) is 12.0 Å². The molecule has 1 fully saturated rings. The molecule has 2 aromatic heterocycles. The second-order valence-corrected chi connectivity index (χ2v) is 8.20. The van der Waals surface area contributed by atoms with Crippen molar-refractivity contribution in [2.24, 2.45) is 5.92 Å². The monoisotopic (exact) mass is 408 g/mol. The highest BCUT2D eigenvalue weighted by Gasteiger charge is 2.27. The van der Waals surface area contributed by atoms with Crippen LogP contribution >= 0.6 is 0 Å². The number of hydrogen-bond acceptors (Lipinski definition) is 5. The van der Waals surface area contributed by atoms with Gasteiger partial charge in [0.2, 0.25) is 0 Å². The van der Waals surface area contributed by atoms with Gasteiger partial charge in [0, 0.05) is 30.5 Å². The number of nitrogens with two attached hydrogens (primary N) is 1. The highest BCUT2D eigenvalue weighted by Crippen LogP contribution is 2.29. The van der Waals surface area contributed by atoms with Crippen molar-refractivity contribution in [3.05, 3.63) is 48.3 Å². The summed E-state index contributed by atoms with van der Waals surface area (Å²) >= 11 is 0. The molecule has 158 valence electrons. The number of piperidine rings is 1. The predicted octanol–water partition coefficient (Wildman–Crippen LogP) is 3.67. The van der Waals surface area contributed by atoms with Gasteiger partial charge in [-0.1, -0.05) is 0 Å². The number of nitrogen functional groups attached to an aromatic ring is 1. The molecule has 3 N–H and O–H groups in total. The number of aliphatic carboxylic acids is 1. The SMILES string of the molecule is CC(C)Oc1ccc(-c2nc3ccc(N)cn3c2CN2CCCC(C(=O)O)C2)cc1. The van der Waals surface area contributed by atoms with E-state index < -0.39 is 5.97 Å². The van der Waals surface area contributed by atoms with Gasteiger partial charge in [0.25, 0.3) is 0 Å². The first kappa shape index (κ1) is 20.2.